The molecule has 132 valence electrons. The average Bonchev–Trinajstić information content (AvgIpc) is 3.28. The molecule has 0 saturated carbocycles. The lowest BCUT2D eigenvalue weighted by Crippen LogP contribution is -2.50. The molecule has 2 aliphatic rings. The quantitative estimate of drug-likeness (QED) is 0.858. The molecule has 7 nitrogen and oxygen atoms in total. The topological polar surface area (TPSA) is 84.7 Å². The molecule has 3 heterocycles. The number of ether oxygens (including phenoxy) is 1. The van der Waals surface area contributed by atoms with Gasteiger partial charge in [0.2, 0.25) is 5.91 Å². The third-order valence-corrected chi connectivity index (χ3v) is 5.42. The Bertz CT molecular complexity index is 777. The van der Waals surface area contributed by atoms with E-state index in [1.165, 1.54) is 0 Å². The van der Waals surface area contributed by atoms with E-state index in [-0.39, 0.29) is 24.8 Å². The van der Waals surface area contributed by atoms with Crippen molar-refractivity contribution in [2.24, 2.45) is 5.41 Å². The highest BCUT2D eigenvalue weighted by molar-refractivity contribution is 6.02. The number of carboxylic acid groups (broad SMARTS) is 1. The van der Waals surface area contributed by atoms with Gasteiger partial charge in [0, 0.05) is 37.9 Å². The number of carbonyl (C=O) groups excluding carboxylic acids is 1. The zero-order valence-corrected chi connectivity index (χ0v) is 13.9. The summed E-state index contributed by atoms with van der Waals surface area (Å²) >= 11 is 0. The molecule has 0 radical (unpaired) electrons. The van der Waals surface area contributed by atoms with E-state index in [0.717, 1.165) is 17.3 Å². The Kier molecular flexibility index (Phi) is 3.95. The Morgan fingerprint density at radius 3 is 2.72 bits per heavy atom. The van der Waals surface area contributed by atoms with Crippen LogP contribution in [0.2, 0.25) is 0 Å². The van der Waals surface area contributed by atoms with Crippen LogP contribution >= 0.6 is 0 Å². The van der Waals surface area contributed by atoms with Gasteiger partial charge >= 0.3 is 5.97 Å². The number of carbonyl (C=O) groups is 2. The molecule has 1 aromatic heterocycles. The van der Waals surface area contributed by atoms with E-state index in [2.05, 4.69) is 5.10 Å². The lowest BCUT2D eigenvalue weighted by molar-refractivity contribution is -0.167. The van der Waals surface area contributed by atoms with Gasteiger partial charge in [0.05, 0.1) is 11.6 Å². The predicted octanol–water partition coefficient (Wildman–Crippen LogP) is 1.69. The van der Waals surface area contributed by atoms with Gasteiger partial charge in [-0.25, -0.2) is 0 Å². The van der Waals surface area contributed by atoms with Crippen LogP contribution in [0.3, 0.4) is 0 Å². The minimum atomic E-state index is -1.33. The number of carboxylic acids is 1. The maximum atomic E-state index is 13.0. The fraction of sp³-hybridized carbons (Fsp3) is 0.500. The Balaban J connectivity index is 1.53. The summed E-state index contributed by atoms with van der Waals surface area (Å²) < 4.78 is 7.18. The van der Waals surface area contributed by atoms with E-state index < -0.39 is 11.4 Å². The summed E-state index contributed by atoms with van der Waals surface area (Å²) in [5, 5.41) is 15.3. The lowest BCUT2D eigenvalue weighted by Gasteiger charge is -2.35. The number of nitrogens with zero attached hydrogens (tertiary/aromatic N) is 3. The van der Waals surface area contributed by atoms with Crippen LogP contribution in [-0.4, -0.2) is 58.0 Å². The van der Waals surface area contributed by atoms with Crippen LogP contribution in [0.25, 0.3) is 10.9 Å². The van der Waals surface area contributed by atoms with Gasteiger partial charge in [0.15, 0.2) is 5.41 Å². The van der Waals surface area contributed by atoms with Crippen molar-refractivity contribution in [3.8, 4) is 0 Å². The van der Waals surface area contributed by atoms with Crippen molar-refractivity contribution in [3.05, 3.63) is 30.5 Å². The molecule has 0 aliphatic carbocycles. The summed E-state index contributed by atoms with van der Waals surface area (Å²) in [5.41, 5.74) is -0.402. The number of amides is 1. The first-order valence-corrected chi connectivity index (χ1v) is 8.64. The molecule has 4 rings (SSSR count). The number of aliphatic carboxylic acids is 1. The fourth-order valence-corrected chi connectivity index (χ4v) is 3.85. The van der Waals surface area contributed by atoms with Gasteiger partial charge in [0.25, 0.3) is 0 Å². The van der Waals surface area contributed by atoms with Crippen LogP contribution < -0.4 is 0 Å². The van der Waals surface area contributed by atoms with Gasteiger partial charge in [-0.1, -0.05) is 18.2 Å². The molecule has 1 N–H and O–H groups in total. The molecule has 25 heavy (non-hydrogen) atoms. The minimum absolute atomic E-state index is 0.0852. The highest BCUT2D eigenvalue weighted by atomic mass is 16.5. The molecule has 1 aromatic carbocycles. The summed E-state index contributed by atoms with van der Waals surface area (Å²) in [5.74, 6) is -1.31. The van der Waals surface area contributed by atoms with Crippen LogP contribution in [0.4, 0.5) is 0 Å². The molecule has 2 aliphatic heterocycles. The fourth-order valence-electron chi connectivity index (χ4n) is 3.85. The zero-order chi connectivity index (χ0) is 17.4. The highest BCUT2D eigenvalue weighted by Crippen LogP contribution is 2.35. The summed E-state index contributed by atoms with van der Waals surface area (Å²) in [6.45, 7) is 1.71. The van der Waals surface area contributed by atoms with E-state index in [0.29, 0.717) is 26.3 Å². The first-order chi connectivity index (χ1) is 12.1. The maximum absolute atomic E-state index is 13.0. The van der Waals surface area contributed by atoms with Crippen LogP contribution in [0.15, 0.2) is 30.5 Å². The van der Waals surface area contributed by atoms with Gasteiger partial charge < -0.3 is 14.7 Å². The molecule has 2 fully saturated rings. The summed E-state index contributed by atoms with van der Waals surface area (Å²) in [6.07, 6.45) is 3.27. The monoisotopic (exact) mass is 343 g/mol. The molecular weight excluding hydrogens is 322 g/mol. The van der Waals surface area contributed by atoms with Crippen molar-refractivity contribution in [1.29, 1.82) is 0 Å². The van der Waals surface area contributed by atoms with Crippen molar-refractivity contribution < 1.29 is 19.4 Å². The Labute approximate surface area is 145 Å². The maximum Gasteiger partial charge on any atom is 0.319 e. The molecule has 2 aromatic rings. The predicted molar refractivity (Wildman–Crippen MR) is 90.1 cm³/mol. The number of hydrogen-bond acceptors (Lipinski definition) is 4. The number of likely N-dealkylation sites (tertiary alicyclic amines) is 1. The average molecular weight is 343 g/mol. The molecule has 0 spiro atoms. The highest BCUT2D eigenvalue weighted by Gasteiger charge is 2.50. The standard InChI is InChI=1S/C18H21N3O4/c22-16(18(17(23)24)6-9-25-10-7-18)20-8-5-14(12-20)21-11-13-3-1-2-4-15(13)19-21/h1-4,11,14H,5-10,12H2,(H,23,24). The van der Waals surface area contributed by atoms with Crippen molar-refractivity contribution in [1.82, 2.24) is 14.7 Å². The van der Waals surface area contributed by atoms with E-state index in [9.17, 15) is 14.7 Å². The molecule has 1 unspecified atom stereocenters. The number of benzene rings is 1. The van der Waals surface area contributed by atoms with E-state index in [1.54, 1.807) is 4.90 Å². The van der Waals surface area contributed by atoms with E-state index in [4.69, 9.17) is 4.74 Å². The third kappa shape index (κ3) is 2.68. The van der Waals surface area contributed by atoms with Crippen molar-refractivity contribution in [2.75, 3.05) is 26.3 Å². The van der Waals surface area contributed by atoms with Crippen LogP contribution in [0.5, 0.6) is 0 Å². The van der Waals surface area contributed by atoms with Gasteiger partial charge in [-0.15, -0.1) is 0 Å². The van der Waals surface area contributed by atoms with E-state index in [1.807, 2.05) is 35.1 Å². The number of fused-ring (bicyclic) bond motifs is 1. The van der Waals surface area contributed by atoms with Crippen LogP contribution in [-0.2, 0) is 14.3 Å². The second-order valence-corrected chi connectivity index (χ2v) is 6.86. The number of aromatic nitrogens is 2. The molecular formula is C18H21N3O4. The number of hydrogen-bond donors (Lipinski definition) is 1. The van der Waals surface area contributed by atoms with Crippen LogP contribution in [0.1, 0.15) is 25.3 Å². The largest absolute Gasteiger partial charge is 0.480 e. The van der Waals surface area contributed by atoms with Gasteiger partial charge in [0.1, 0.15) is 0 Å². The smallest absolute Gasteiger partial charge is 0.319 e. The van der Waals surface area contributed by atoms with E-state index >= 15 is 0 Å². The van der Waals surface area contributed by atoms with Gasteiger partial charge in [-0.3, -0.25) is 14.3 Å². The first-order valence-electron chi connectivity index (χ1n) is 8.64. The lowest BCUT2D eigenvalue weighted by atomic mass is 9.79. The van der Waals surface area contributed by atoms with Crippen molar-refractivity contribution in [3.63, 3.8) is 0 Å². The van der Waals surface area contributed by atoms with Gasteiger partial charge in [-0.05, 0) is 25.3 Å². The van der Waals surface area contributed by atoms with Gasteiger partial charge in [-0.2, -0.15) is 5.10 Å². The normalized spacial score (nSPS) is 23.0. The Morgan fingerprint density at radius 2 is 2.00 bits per heavy atom. The number of rotatable bonds is 3. The van der Waals surface area contributed by atoms with Crippen molar-refractivity contribution in [2.45, 2.75) is 25.3 Å². The third-order valence-electron chi connectivity index (χ3n) is 5.42. The summed E-state index contributed by atoms with van der Waals surface area (Å²) in [6, 6.07) is 7.98. The summed E-state index contributed by atoms with van der Waals surface area (Å²) in [7, 11) is 0. The molecule has 0 bridgehead atoms. The minimum Gasteiger partial charge on any atom is -0.480 e. The first kappa shape index (κ1) is 16.1. The zero-order valence-electron chi connectivity index (χ0n) is 13.9. The van der Waals surface area contributed by atoms with Crippen molar-refractivity contribution >= 4 is 22.8 Å². The second kappa shape index (κ2) is 6.15. The molecule has 1 atom stereocenters. The molecule has 1 amide bonds. The Morgan fingerprint density at radius 1 is 1.24 bits per heavy atom. The Hall–Kier alpha value is -2.41. The SMILES string of the molecule is O=C(O)C1(C(=O)N2CCC(n3cc4ccccc4n3)C2)CCOCC1. The summed E-state index contributed by atoms with van der Waals surface area (Å²) in [4.78, 5) is 26.5. The second-order valence-electron chi connectivity index (χ2n) is 6.86. The molecule has 2 saturated heterocycles. The molecule has 7 heteroatoms. The van der Waals surface area contributed by atoms with Crippen LogP contribution in [0, 0.1) is 5.41 Å².